The van der Waals surface area contributed by atoms with Crippen molar-refractivity contribution in [2.24, 2.45) is 5.10 Å². The Balaban J connectivity index is 1.39. The van der Waals surface area contributed by atoms with E-state index in [1.54, 1.807) is 36.4 Å². The lowest BCUT2D eigenvalue weighted by Crippen LogP contribution is -2.20. The van der Waals surface area contributed by atoms with Crippen LogP contribution < -0.4 is 20.2 Å². The van der Waals surface area contributed by atoms with Gasteiger partial charge in [0.05, 0.1) is 27.6 Å². The first-order chi connectivity index (χ1) is 17.8. The fraction of sp³-hybridized carbons (Fsp3) is 0.0800. The molecule has 0 spiro atoms. The quantitative estimate of drug-likeness (QED) is 0.155. The molecule has 0 bridgehead atoms. The number of hydrazone groups is 1. The van der Waals surface area contributed by atoms with Gasteiger partial charge in [0, 0.05) is 27.9 Å². The van der Waals surface area contributed by atoms with Gasteiger partial charge >= 0.3 is 0 Å². The van der Waals surface area contributed by atoms with Gasteiger partial charge < -0.3 is 14.8 Å². The van der Waals surface area contributed by atoms with Gasteiger partial charge in [0.1, 0.15) is 0 Å². The topological polar surface area (TPSA) is 132 Å². The van der Waals surface area contributed by atoms with Crippen molar-refractivity contribution < 1.29 is 24.0 Å². The van der Waals surface area contributed by atoms with Crippen LogP contribution in [0.25, 0.3) is 10.1 Å². The zero-order valence-electron chi connectivity index (χ0n) is 19.3. The average Bonchev–Trinajstić information content (AvgIpc) is 3.32. The van der Waals surface area contributed by atoms with Crippen molar-refractivity contribution in [1.82, 2.24) is 5.43 Å². The van der Waals surface area contributed by atoms with Gasteiger partial charge in [-0.1, -0.05) is 18.2 Å². The minimum Gasteiger partial charge on any atom is -0.493 e. The number of nitro benzene ring substituents is 1. The molecule has 188 valence electrons. The number of fused-ring (bicyclic) bond motifs is 1. The molecule has 37 heavy (non-hydrogen) atoms. The highest BCUT2D eigenvalue weighted by Gasteiger charge is 2.15. The summed E-state index contributed by atoms with van der Waals surface area (Å²) in [7, 11) is 1.47. The Bertz CT molecular complexity index is 1510. The Kier molecular flexibility index (Phi) is 8.11. The molecule has 1 aromatic heterocycles. The van der Waals surface area contributed by atoms with E-state index >= 15 is 0 Å². The van der Waals surface area contributed by atoms with E-state index in [1.807, 2.05) is 18.2 Å². The van der Waals surface area contributed by atoms with Crippen molar-refractivity contribution in [3.8, 4) is 11.5 Å². The van der Waals surface area contributed by atoms with Crippen molar-refractivity contribution in [3.05, 3.63) is 91.8 Å². The van der Waals surface area contributed by atoms with Crippen LogP contribution in [-0.4, -0.2) is 36.7 Å². The van der Waals surface area contributed by atoms with Gasteiger partial charge in [0.2, 0.25) is 0 Å². The van der Waals surface area contributed by atoms with E-state index in [4.69, 9.17) is 9.47 Å². The molecular formula is C25H19BrN4O6S. The Morgan fingerprint density at radius 2 is 1.92 bits per heavy atom. The Morgan fingerprint density at radius 3 is 2.65 bits per heavy atom. The third-order valence-corrected chi connectivity index (χ3v) is 6.68. The molecule has 3 aromatic carbocycles. The number of ether oxygens (including phenoxy) is 2. The molecule has 12 heteroatoms. The summed E-state index contributed by atoms with van der Waals surface area (Å²) in [6.07, 6.45) is 1.43. The number of thiophene rings is 1. The maximum atomic E-state index is 12.5. The van der Waals surface area contributed by atoms with E-state index < -0.39 is 10.8 Å². The van der Waals surface area contributed by atoms with Crippen LogP contribution in [0.3, 0.4) is 0 Å². The lowest BCUT2D eigenvalue weighted by molar-refractivity contribution is -0.384. The number of nitrogens with one attached hydrogen (secondary N) is 2. The van der Waals surface area contributed by atoms with E-state index in [0.717, 1.165) is 4.70 Å². The number of benzene rings is 3. The smallest absolute Gasteiger partial charge is 0.281 e. The van der Waals surface area contributed by atoms with Gasteiger partial charge in [0.15, 0.2) is 18.1 Å². The number of rotatable bonds is 9. The van der Waals surface area contributed by atoms with Gasteiger partial charge in [-0.15, -0.1) is 11.3 Å². The number of hydrogen-bond donors (Lipinski definition) is 2. The van der Waals surface area contributed by atoms with Crippen molar-refractivity contribution in [2.75, 3.05) is 19.0 Å². The van der Waals surface area contributed by atoms with Crippen LogP contribution in [0.4, 0.5) is 11.4 Å². The minimum absolute atomic E-state index is 0.0425. The molecule has 1 heterocycles. The summed E-state index contributed by atoms with van der Waals surface area (Å²) in [6.45, 7) is -0.230. The molecule has 0 atom stereocenters. The second-order valence-electron chi connectivity index (χ2n) is 7.53. The molecule has 0 fully saturated rings. The van der Waals surface area contributed by atoms with Crippen molar-refractivity contribution in [1.29, 1.82) is 0 Å². The summed E-state index contributed by atoms with van der Waals surface area (Å²) in [4.78, 5) is 35.6. The highest BCUT2D eigenvalue weighted by molar-refractivity contribution is 9.10. The summed E-state index contributed by atoms with van der Waals surface area (Å²) in [5.74, 6) is -0.0770. The van der Waals surface area contributed by atoms with E-state index in [-0.39, 0.29) is 18.2 Å². The summed E-state index contributed by atoms with van der Waals surface area (Å²) >= 11 is 4.62. The number of para-hydroxylation sites is 1. The molecule has 0 saturated carbocycles. The SMILES string of the molecule is COc1cc(/C=N\NC(=O)c2cc3cc([N+](=O)[O-])ccc3s2)cc(Br)c1OCC(=O)Nc1ccccc1. The third-order valence-electron chi connectivity index (χ3n) is 4.97. The summed E-state index contributed by atoms with van der Waals surface area (Å²) in [5.41, 5.74) is 3.66. The first kappa shape index (κ1) is 25.8. The van der Waals surface area contributed by atoms with E-state index in [2.05, 4.69) is 31.8 Å². The van der Waals surface area contributed by atoms with Gasteiger partial charge in [-0.25, -0.2) is 5.43 Å². The molecule has 2 amide bonds. The zero-order valence-corrected chi connectivity index (χ0v) is 21.7. The molecule has 4 rings (SSSR count). The highest BCUT2D eigenvalue weighted by atomic mass is 79.9. The number of nitro groups is 1. The number of nitrogens with zero attached hydrogens (tertiary/aromatic N) is 2. The molecule has 2 N–H and O–H groups in total. The summed E-state index contributed by atoms with van der Waals surface area (Å²) in [5, 5.41) is 18.3. The van der Waals surface area contributed by atoms with Crippen molar-refractivity contribution >= 4 is 66.8 Å². The molecule has 0 radical (unpaired) electrons. The fourth-order valence-electron chi connectivity index (χ4n) is 3.29. The summed E-state index contributed by atoms with van der Waals surface area (Å²) in [6, 6.07) is 18.4. The van der Waals surface area contributed by atoms with Crippen LogP contribution in [0.2, 0.25) is 0 Å². The number of hydrogen-bond acceptors (Lipinski definition) is 8. The van der Waals surface area contributed by atoms with Crippen LogP contribution in [0, 0.1) is 10.1 Å². The number of carbonyl (C=O) groups is 2. The predicted molar refractivity (Wildman–Crippen MR) is 145 cm³/mol. The Labute approximate surface area is 223 Å². The number of amides is 2. The molecule has 10 nitrogen and oxygen atoms in total. The van der Waals surface area contributed by atoms with Crippen LogP contribution in [0.15, 0.2) is 76.3 Å². The largest absolute Gasteiger partial charge is 0.493 e. The van der Waals surface area contributed by atoms with E-state index in [0.29, 0.717) is 37.5 Å². The monoisotopic (exact) mass is 582 g/mol. The number of methoxy groups -OCH3 is 1. The number of halogens is 1. The third kappa shape index (κ3) is 6.48. The van der Waals surface area contributed by atoms with Crippen molar-refractivity contribution in [2.45, 2.75) is 0 Å². The molecule has 0 saturated heterocycles. The predicted octanol–water partition coefficient (Wildman–Crippen LogP) is 5.36. The number of carbonyl (C=O) groups excluding carboxylic acids is 2. The number of anilines is 1. The molecule has 0 unspecified atom stereocenters. The molecule has 0 aliphatic carbocycles. The molecule has 0 aliphatic rings. The Morgan fingerprint density at radius 1 is 1.14 bits per heavy atom. The number of non-ortho nitro benzene ring substituents is 1. The lowest BCUT2D eigenvalue weighted by atomic mass is 10.2. The second-order valence-corrected chi connectivity index (χ2v) is 9.46. The lowest BCUT2D eigenvalue weighted by Gasteiger charge is -2.13. The summed E-state index contributed by atoms with van der Waals surface area (Å²) < 4.78 is 12.3. The molecule has 4 aromatic rings. The second kappa shape index (κ2) is 11.6. The van der Waals surface area contributed by atoms with Gasteiger partial charge in [0.25, 0.3) is 17.5 Å². The molecule has 0 aliphatic heterocycles. The van der Waals surface area contributed by atoms with Gasteiger partial charge in [-0.2, -0.15) is 5.10 Å². The van der Waals surface area contributed by atoms with Crippen LogP contribution in [-0.2, 0) is 4.79 Å². The van der Waals surface area contributed by atoms with E-state index in [1.165, 1.54) is 36.8 Å². The fourth-order valence-corrected chi connectivity index (χ4v) is 4.79. The normalized spacial score (nSPS) is 10.9. The highest BCUT2D eigenvalue weighted by Crippen LogP contribution is 2.36. The minimum atomic E-state index is -0.483. The van der Waals surface area contributed by atoms with Gasteiger partial charge in [-0.05, 0) is 57.9 Å². The first-order valence-electron chi connectivity index (χ1n) is 10.7. The maximum Gasteiger partial charge on any atom is 0.281 e. The first-order valence-corrected chi connectivity index (χ1v) is 12.3. The standard InChI is InChI=1S/C25H19BrN4O6S/c1-35-20-10-15(9-19(26)24(20)36-14-23(31)28-17-5-3-2-4-6-17)13-27-29-25(32)22-12-16-11-18(30(33)34)7-8-21(16)37-22/h2-13H,14H2,1H3,(H,28,31)(H,29,32)/b27-13-. The zero-order chi connectivity index (χ0) is 26.4. The van der Waals surface area contributed by atoms with Gasteiger partial charge in [-0.3, -0.25) is 19.7 Å². The van der Waals surface area contributed by atoms with Crippen LogP contribution in [0.1, 0.15) is 15.2 Å². The Hall–Kier alpha value is -4.29. The molecular weight excluding hydrogens is 564 g/mol. The van der Waals surface area contributed by atoms with E-state index in [9.17, 15) is 19.7 Å². The average molecular weight is 583 g/mol. The van der Waals surface area contributed by atoms with Crippen LogP contribution in [0.5, 0.6) is 11.5 Å². The van der Waals surface area contributed by atoms with Crippen LogP contribution >= 0.6 is 27.3 Å². The maximum absolute atomic E-state index is 12.5. The van der Waals surface area contributed by atoms with Crippen molar-refractivity contribution in [3.63, 3.8) is 0 Å².